The van der Waals surface area contributed by atoms with Gasteiger partial charge in [-0.2, -0.15) is 0 Å². The fourth-order valence-corrected chi connectivity index (χ4v) is 2.90. The lowest BCUT2D eigenvalue weighted by atomic mass is 10.2. The number of piperazine rings is 1. The van der Waals surface area contributed by atoms with Crippen molar-refractivity contribution in [2.45, 2.75) is 31.8 Å². The van der Waals surface area contributed by atoms with E-state index >= 15 is 0 Å². The summed E-state index contributed by atoms with van der Waals surface area (Å²) >= 11 is 0. The highest BCUT2D eigenvalue weighted by Gasteiger charge is 2.32. The molecule has 0 spiro atoms. The fourth-order valence-electron chi connectivity index (χ4n) is 2.90. The van der Waals surface area contributed by atoms with Gasteiger partial charge in [-0.3, -0.25) is 9.80 Å². The summed E-state index contributed by atoms with van der Waals surface area (Å²) in [5.41, 5.74) is 0. The average molecular weight is 278 g/mol. The van der Waals surface area contributed by atoms with Crippen LogP contribution in [0.3, 0.4) is 0 Å². The lowest BCUT2D eigenvalue weighted by Crippen LogP contribution is -2.47. The van der Waals surface area contributed by atoms with E-state index in [9.17, 15) is 4.79 Å². The summed E-state index contributed by atoms with van der Waals surface area (Å²) in [6.07, 6.45) is 2.74. The van der Waals surface area contributed by atoms with Gasteiger partial charge in [-0.15, -0.1) is 0 Å². The van der Waals surface area contributed by atoms with Crippen LogP contribution >= 0.6 is 0 Å². The van der Waals surface area contributed by atoms with E-state index in [1.165, 1.54) is 20.0 Å². The molecule has 5 nitrogen and oxygen atoms in total. The smallest absolute Gasteiger partial charge is 0.373 e. The number of hydrogen-bond acceptors (Lipinski definition) is 5. The van der Waals surface area contributed by atoms with Crippen LogP contribution in [0.25, 0.3) is 0 Å². The van der Waals surface area contributed by atoms with Gasteiger partial charge in [-0.05, 0) is 31.9 Å². The summed E-state index contributed by atoms with van der Waals surface area (Å²) in [5, 5.41) is 0. The first-order valence-electron chi connectivity index (χ1n) is 7.35. The average Bonchev–Trinajstić information content (AvgIpc) is 3.23. The highest BCUT2D eigenvalue weighted by Crippen LogP contribution is 2.30. The second kappa shape index (κ2) is 5.58. The summed E-state index contributed by atoms with van der Waals surface area (Å²) in [4.78, 5) is 16.4. The summed E-state index contributed by atoms with van der Waals surface area (Å²) < 4.78 is 10.3. The van der Waals surface area contributed by atoms with E-state index in [-0.39, 0.29) is 11.8 Å². The predicted octanol–water partition coefficient (Wildman–Crippen LogP) is 1.91. The van der Waals surface area contributed by atoms with Gasteiger partial charge >= 0.3 is 5.97 Å². The highest BCUT2D eigenvalue weighted by molar-refractivity contribution is 5.86. The van der Waals surface area contributed by atoms with Crippen LogP contribution in [0.15, 0.2) is 16.5 Å². The Labute approximate surface area is 119 Å². The van der Waals surface area contributed by atoms with E-state index < -0.39 is 5.97 Å². The number of nitrogens with zero attached hydrogens (tertiary/aromatic N) is 2. The summed E-state index contributed by atoms with van der Waals surface area (Å²) in [6, 6.07) is 4.62. The van der Waals surface area contributed by atoms with E-state index in [0.717, 1.165) is 38.0 Å². The molecule has 1 aliphatic carbocycles. The standard InChI is InChI=1S/C15H22N2O3/c1-11(13-5-6-14(20-13)15(18)19-2)16-7-9-17(10-8-16)12-3-4-12/h5-6,11-12H,3-4,7-10H2,1-2H3. The first-order chi connectivity index (χ1) is 9.69. The van der Waals surface area contributed by atoms with Crippen molar-refractivity contribution in [3.63, 3.8) is 0 Å². The van der Waals surface area contributed by atoms with E-state index in [0.29, 0.717) is 0 Å². The Balaban J connectivity index is 1.59. The van der Waals surface area contributed by atoms with E-state index in [4.69, 9.17) is 4.42 Å². The third-order valence-electron chi connectivity index (χ3n) is 4.38. The Morgan fingerprint density at radius 2 is 2.00 bits per heavy atom. The molecule has 1 saturated heterocycles. The van der Waals surface area contributed by atoms with Gasteiger partial charge in [0, 0.05) is 32.2 Å². The number of hydrogen-bond donors (Lipinski definition) is 0. The topological polar surface area (TPSA) is 45.9 Å². The van der Waals surface area contributed by atoms with Gasteiger partial charge in [0.05, 0.1) is 13.2 Å². The van der Waals surface area contributed by atoms with E-state index in [2.05, 4.69) is 21.5 Å². The molecule has 5 heteroatoms. The maximum Gasteiger partial charge on any atom is 0.373 e. The van der Waals surface area contributed by atoms with Crippen molar-refractivity contribution in [1.29, 1.82) is 0 Å². The summed E-state index contributed by atoms with van der Waals surface area (Å²) in [5.74, 6) is 0.707. The molecule has 3 rings (SSSR count). The number of ether oxygens (including phenoxy) is 1. The SMILES string of the molecule is COC(=O)c1ccc(C(C)N2CCN(C3CC3)CC2)o1. The molecule has 2 heterocycles. The molecule has 1 unspecified atom stereocenters. The predicted molar refractivity (Wildman–Crippen MR) is 74.6 cm³/mol. The van der Waals surface area contributed by atoms with Crippen molar-refractivity contribution >= 4 is 5.97 Å². The molecule has 110 valence electrons. The Bertz CT molecular complexity index is 473. The molecule has 20 heavy (non-hydrogen) atoms. The van der Waals surface area contributed by atoms with Crippen LogP contribution < -0.4 is 0 Å². The molecule has 1 aromatic rings. The zero-order valence-corrected chi connectivity index (χ0v) is 12.2. The lowest BCUT2D eigenvalue weighted by molar-refractivity contribution is 0.0551. The first kappa shape index (κ1) is 13.6. The Morgan fingerprint density at radius 1 is 1.30 bits per heavy atom. The van der Waals surface area contributed by atoms with Gasteiger partial charge in [-0.25, -0.2) is 4.79 Å². The molecule has 2 aliphatic rings. The van der Waals surface area contributed by atoms with E-state index in [1.807, 2.05) is 6.07 Å². The minimum absolute atomic E-state index is 0.203. The molecule has 0 N–H and O–H groups in total. The maximum atomic E-state index is 11.4. The molecule has 0 bridgehead atoms. The largest absolute Gasteiger partial charge is 0.463 e. The van der Waals surface area contributed by atoms with Crippen LogP contribution in [-0.4, -0.2) is 55.1 Å². The molecule has 1 saturated carbocycles. The number of carbonyl (C=O) groups is 1. The second-order valence-electron chi connectivity index (χ2n) is 5.67. The molecule has 0 amide bonds. The third-order valence-corrected chi connectivity index (χ3v) is 4.38. The van der Waals surface area contributed by atoms with Crippen LogP contribution in [0.5, 0.6) is 0 Å². The van der Waals surface area contributed by atoms with Crippen LogP contribution in [0, 0.1) is 0 Å². The monoisotopic (exact) mass is 278 g/mol. The summed E-state index contributed by atoms with van der Waals surface area (Å²) in [6.45, 7) is 6.53. The van der Waals surface area contributed by atoms with Crippen molar-refractivity contribution in [3.05, 3.63) is 23.7 Å². The quantitative estimate of drug-likeness (QED) is 0.787. The van der Waals surface area contributed by atoms with Gasteiger partial charge in [0.1, 0.15) is 5.76 Å². The van der Waals surface area contributed by atoms with Gasteiger partial charge in [0.15, 0.2) is 0 Å². The van der Waals surface area contributed by atoms with Crippen molar-refractivity contribution in [1.82, 2.24) is 9.80 Å². The Hall–Kier alpha value is -1.33. The normalized spacial score (nSPS) is 22.7. The zero-order valence-electron chi connectivity index (χ0n) is 12.2. The van der Waals surface area contributed by atoms with Gasteiger partial charge < -0.3 is 9.15 Å². The lowest BCUT2D eigenvalue weighted by Gasteiger charge is -2.37. The number of methoxy groups -OCH3 is 1. The molecule has 2 fully saturated rings. The molecular formula is C15H22N2O3. The molecule has 1 aromatic heterocycles. The van der Waals surface area contributed by atoms with Crippen molar-refractivity contribution in [3.8, 4) is 0 Å². The maximum absolute atomic E-state index is 11.4. The van der Waals surface area contributed by atoms with Crippen molar-refractivity contribution in [2.75, 3.05) is 33.3 Å². The fraction of sp³-hybridized carbons (Fsp3) is 0.667. The number of carbonyl (C=O) groups excluding carboxylic acids is 1. The van der Waals surface area contributed by atoms with Crippen LogP contribution in [0.4, 0.5) is 0 Å². The summed E-state index contributed by atoms with van der Waals surface area (Å²) in [7, 11) is 1.37. The molecular weight excluding hydrogens is 256 g/mol. The second-order valence-corrected chi connectivity index (χ2v) is 5.67. The van der Waals surface area contributed by atoms with Crippen LogP contribution in [0.2, 0.25) is 0 Å². The minimum atomic E-state index is -0.415. The number of furan rings is 1. The molecule has 0 radical (unpaired) electrons. The minimum Gasteiger partial charge on any atom is -0.463 e. The van der Waals surface area contributed by atoms with Crippen molar-refractivity contribution < 1.29 is 13.9 Å². The van der Waals surface area contributed by atoms with Gasteiger partial charge in [-0.1, -0.05) is 0 Å². The number of esters is 1. The molecule has 0 aromatic carbocycles. The van der Waals surface area contributed by atoms with Crippen LogP contribution in [0.1, 0.15) is 42.1 Å². The van der Waals surface area contributed by atoms with Crippen molar-refractivity contribution in [2.24, 2.45) is 0 Å². The Kier molecular flexibility index (Phi) is 3.81. The first-order valence-corrected chi connectivity index (χ1v) is 7.35. The zero-order chi connectivity index (χ0) is 14.1. The van der Waals surface area contributed by atoms with Gasteiger partial charge in [0.25, 0.3) is 0 Å². The van der Waals surface area contributed by atoms with Gasteiger partial charge in [0.2, 0.25) is 5.76 Å². The van der Waals surface area contributed by atoms with Crippen LogP contribution in [-0.2, 0) is 4.74 Å². The molecule has 1 atom stereocenters. The Morgan fingerprint density at radius 3 is 2.60 bits per heavy atom. The highest BCUT2D eigenvalue weighted by atomic mass is 16.5. The third kappa shape index (κ3) is 2.74. The number of rotatable bonds is 4. The molecule has 1 aliphatic heterocycles. The van der Waals surface area contributed by atoms with E-state index in [1.54, 1.807) is 6.07 Å².